The third-order valence-corrected chi connectivity index (χ3v) is 5.79. The van der Waals surface area contributed by atoms with Crippen LogP contribution in [0, 0.1) is 11.3 Å². The molecule has 0 saturated heterocycles. The molecular weight excluding hydrogens is 354 g/mol. The lowest BCUT2D eigenvalue weighted by atomic mass is 9.52. The van der Waals surface area contributed by atoms with E-state index in [4.69, 9.17) is 44.0 Å². The quantitative estimate of drug-likeness (QED) is 0.727. The van der Waals surface area contributed by atoms with Gasteiger partial charge in [0.2, 0.25) is 0 Å². The van der Waals surface area contributed by atoms with Gasteiger partial charge in [-0.25, -0.2) is 0 Å². The van der Waals surface area contributed by atoms with Crippen LogP contribution in [0.2, 0.25) is 0 Å². The van der Waals surface area contributed by atoms with Crippen molar-refractivity contribution >= 4 is 60.7 Å². The minimum atomic E-state index is -1.60. The van der Waals surface area contributed by atoms with Crippen LogP contribution in [0.3, 0.4) is 0 Å². The second kappa shape index (κ2) is 6.47. The van der Waals surface area contributed by atoms with Gasteiger partial charge in [0, 0.05) is 4.47 Å². The number of ether oxygens (including phenoxy) is 1. The lowest BCUT2D eigenvalue weighted by Crippen LogP contribution is -2.45. The zero-order chi connectivity index (χ0) is 17.7. The highest BCUT2D eigenvalue weighted by Gasteiger charge is 2.47. The molecule has 0 unspecified atom stereocenters. The molecule has 0 amide bonds. The Morgan fingerprint density at radius 2 is 2.00 bits per heavy atom. The Bertz CT molecular complexity index is 680. The van der Waals surface area contributed by atoms with Gasteiger partial charge >= 0.3 is 0 Å². The van der Waals surface area contributed by atoms with E-state index < -0.39 is 5.30 Å². The molecule has 1 fully saturated rings. The molecule has 2 aliphatic rings. The van der Waals surface area contributed by atoms with Crippen LogP contribution >= 0.6 is 15.9 Å². The first-order valence-electron chi connectivity index (χ1n) is 8.20. The largest absolute Gasteiger partial charge is 0.399 e. The summed E-state index contributed by atoms with van der Waals surface area (Å²) in [7, 11) is 29.0. The van der Waals surface area contributed by atoms with E-state index in [9.17, 15) is 0 Å². The van der Waals surface area contributed by atoms with Gasteiger partial charge in [0.1, 0.15) is 0 Å². The second-order valence-corrected chi connectivity index (χ2v) is 8.23. The molecule has 2 aliphatic carbocycles. The number of allylic oxidation sites excluding steroid dienone is 1. The fourth-order valence-electron chi connectivity index (χ4n) is 4.51. The average Bonchev–Trinajstić information content (AvgIpc) is 2.73. The van der Waals surface area contributed by atoms with Crippen LogP contribution in [-0.4, -0.2) is 50.6 Å². The summed E-state index contributed by atoms with van der Waals surface area (Å²) < 4.78 is 6.66. The monoisotopic (exact) mass is 370 g/mol. The van der Waals surface area contributed by atoms with Gasteiger partial charge in [-0.1, -0.05) is 34.5 Å². The van der Waals surface area contributed by atoms with Crippen molar-refractivity contribution in [2.24, 2.45) is 11.3 Å². The lowest BCUT2D eigenvalue weighted by molar-refractivity contribution is -0.0321. The summed E-state index contributed by atoms with van der Waals surface area (Å²) in [4.78, 5) is 0. The summed E-state index contributed by atoms with van der Waals surface area (Å²) in [6.45, 7) is 2.14. The van der Waals surface area contributed by atoms with E-state index in [1.54, 1.807) is 0 Å². The number of hydrogen-bond donors (Lipinski definition) is 0. The first-order chi connectivity index (χ1) is 11.1. The van der Waals surface area contributed by atoms with Gasteiger partial charge in [0.05, 0.1) is 45.3 Å². The Kier molecular flexibility index (Phi) is 4.99. The Hall–Kier alpha value is -0.275. The zero-order valence-electron chi connectivity index (χ0n) is 13.9. The van der Waals surface area contributed by atoms with Gasteiger partial charge < -0.3 is 4.74 Å². The van der Waals surface area contributed by atoms with Crippen molar-refractivity contribution < 1.29 is 4.74 Å². The molecule has 7 heteroatoms. The molecule has 1 spiro atoms. The minimum Gasteiger partial charge on any atom is -0.399 e. The SMILES string of the molecule is [B]C([B])=C1c2cc(Br)ccc2C[C@@]12CC[C@H](OC([B])([B])[B])[C@@H](C)C2. The number of halogens is 1. The Morgan fingerprint density at radius 3 is 2.58 bits per heavy atom. The predicted molar refractivity (Wildman–Crippen MR) is 107 cm³/mol. The molecule has 0 aromatic heterocycles. The Labute approximate surface area is 159 Å². The van der Waals surface area contributed by atoms with Crippen molar-refractivity contribution in [3.05, 3.63) is 39.2 Å². The maximum atomic E-state index is 6.10. The fraction of sp³-hybridized carbons (Fsp3) is 0.529. The third kappa shape index (κ3) is 3.49. The molecule has 24 heavy (non-hydrogen) atoms. The molecule has 1 saturated carbocycles. The maximum absolute atomic E-state index is 6.10. The van der Waals surface area contributed by atoms with E-state index in [0.29, 0.717) is 5.37 Å². The summed E-state index contributed by atoms with van der Waals surface area (Å²) in [5, 5.41) is -1.19. The third-order valence-electron chi connectivity index (χ3n) is 5.30. The zero-order valence-corrected chi connectivity index (χ0v) is 15.5. The summed E-state index contributed by atoms with van der Waals surface area (Å²) in [6.07, 6.45) is 3.52. The molecule has 1 aromatic carbocycles. The van der Waals surface area contributed by atoms with Crippen LogP contribution in [0.4, 0.5) is 0 Å². The minimum absolute atomic E-state index is 0.0539. The van der Waals surface area contributed by atoms with Gasteiger partial charge in [0.15, 0.2) is 0 Å². The van der Waals surface area contributed by atoms with Crippen molar-refractivity contribution in [1.82, 2.24) is 0 Å². The van der Waals surface area contributed by atoms with Gasteiger partial charge in [-0.3, -0.25) is 0 Å². The summed E-state index contributed by atoms with van der Waals surface area (Å²) in [6, 6.07) is 6.32. The van der Waals surface area contributed by atoms with Crippen LogP contribution in [0.1, 0.15) is 37.3 Å². The topological polar surface area (TPSA) is 9.23 Å². The van der Waals surface area contributed by atoms with Gasteiger partial charge in [-0.15, -0.1) is 0 Å². The van der Waals surface area contributed by atoms with E-state index >= 15 is 0 Å². The number of rotatable bonds is 2. The molecule has 0 aliphatic heterocycles. The summed E-state index contributed by atoms with van der Waals surface area (Å²) >= 11 is 3.54. The predicted octanol–water partition coefficient (Wildman–Crippen LogP) is 2.32. The molecule has 112 valence electrons. The van der Waals surface area contributed by atoms with Crippen LogP contribution in [0.25, 0.3) is 5.57 Å². The van der Waals surface area contributed by atoms with Crippen LogP contribution < -0.4 is 0 Å². The number of fused-ring (bicyclic) bond motifs is 1. The molecule has 3 atom stereocenters. The standard InChI is InChI=1S/C17H16B5BrO/c1-9-7-16(5-4-13(9)24-17(20,21)22)8-10-2-3-11(23)6-12(10)14(16)15(18)19/h2-3,6,9,13H,4-5,7-8H2,1H3/t9-,13-,16-/m0/s1. The highest BCUT2D eigenvalue weighted by atomic mass is 79.9. The van der Waals surface area contributed by atoms with Crippen LogP contribution in [0.5, 0.6) is 0 Å². The first-order valence-corrected chi connectivity index (χ1v) is 8.99. The van der Waals surface area contributed by atoms with Crippen molar-refractivity contribution in [1.29, 1.82) is 0 Å². The van der Waals surface area contributed by atoms with Crippen molar-refractivity contribution in [2.75, 3.05) is 0 Å². The molecule has 0 bridgehead atoms. The van der Waals surface area contributed by atoms with Crippen molar-refractivity contribution in [3.63, 3.8) is 0 Å². The summed E-state index contributed by atoms with van der Waals surface area (Å²) in [5.74, 6) is 0.251. The van der Waals surface area contributed by atoms with Gasteiger partial charge in [-0.2, -0.15) is 5.37 Å². The fourth-order valence-corrected chi connectivity index (χ4v) is 4.87. The molecule has 3 rings (SSSR count). The van der Waals surface area contributed by atoms with E-state index in [2.05, 4.69) is 41.1 Å². The van der Waals surface area contributed by atoms with Crippen LogP contribution in [-0.2, 0) is 11.2 Å². The molecule has 0 N–H and O–H groups in total. The Morgan fingerprint density at radius 1 is 1.29 bits per heavy atom. The molecule has 1 aromatic rings. The van der Waals surface area contributed by atoms with E-state index in [0.717, 1.165) is 41.3 Å². The molecule has 0 heterocycles. The van der Waals surface area contributed by atoms with Crippen LogP contribution in [0.15, 0.2) is 28.0 Å². The second-order valence-electron chi connectivity index (χ2n) is 7.32. The maximum Gasteiger partial charge on any atom is 0.0927 e. The molecule has 10 radical (unpaired) electrons. The number of benzene rings is 1. The smallest absolute Gasteiger partial charge is 0.0927 e. The lowest BCUT2D eigenvalue weighted by Gasteiger charge is -2.45. The number of hydrogen-bond acceptors (Lipinski definition) is 1. The average molecular weight is 370 g/mol. The van der Waals surface area contributed by atoms with E-state index in [-0.39, 0.29) is 17.4 Å². The highest BCUT2D eigenvalue weighted by molar-refractivity contribution is 9.10. The first kappa shape index (κ1) is 18.5. The summed E-state index contributed by atoms with van der Waals surface area (Å²) in [5.41, 5.74) is 3.46. The molecule has 1 nitrogen and oxygen atoms in total. The highest BCUT2D eigenvalue weighted by Crippen LogP contribution is 2.57. The van der Waals surface area contributed by atoms with Gasteiger partial charge in [-0.05, 0) is 65.6 Å². The van der Waals surface area contributed by atoms with E-state index in [1.165, 1.54) is 5.56 Å². The van der Waals surface area contributed by atoms with Crippen molar-refractivity contribution in [3.8, 4) is 0 Å². The Balaban J connectivity index is 1.91. The van der Waals surface area contributed by atoms with Gasteiger partial charge in [0.25, 0.3) is 0 Å². The normalized spacial score (nSPS) is 29.7. The van der Waals surface area contributed by atoms with E-state index in [1.807, 2.05) is 0 Å². The van der Waals surface area contributed by atoms with Crippen molar-refractivity contribution in [2.45, 2.75) is 44.0 Å². The molecular formula is C17H16B5BrO.